The van der Waals surface area contributed by atoms with Crippen molar-refractivity contribution in [3.8, 4) is 0 Å². The molecule has 0 saturated heterocycles. The fourth-order valence-corrected chi connectivity index (χ4v) is 3.87. The molecule has 0 radical (unpaired) electrons. The Balaban J connectivity index is 1.62. The number of hydrogen-bond donors (Lipinski definition) is 0. The van der Waals surface area contributed by atoms with Crippen LogP contribution in [0.4, 0.5) is 0 Å². The van der Waals surface area contributed by atoms with Crippen molar-refractivity contribution in [1.29, 1.82) is 0 Å². The number of hydrogen-bond acceptors (Lipinski definition) is 0. The zero-order chi connectivity index (χ0) is 18.8. The summed E-state index contributed by atoms with van der Waals surface area (Å²) in [5.41, 5.74) is 6.32. The second kappa shape index (κ2) is 7.21. The van der Waals surface area contributed by atoms with Gasteiger partial charge in [0.15, 0.2) is 0 Å². The van der Waals surface area contributed by atoms with Crippen LogP contribution in [0.25, 0.3) is 34.0 Å². The standard InChI is InChI=1S/C27H21N/c1-3-9-21(10-4-1)15-16-22-17-18-27-25(19-22)24-13-7-8-14-26(24)28(27)20-23-11-5-2-6-12-23/h1-19H,20H2/b16-15+. The Morgan fingerprint density at radius 1 is 0.536 bits per heavy atom. The lowest BCUT2D eigenvalue weighted by atomic mass is 10.1. The van der Waals surface area contributed by atoms with E-state index in [1.165, 1.54) is 38.5 Å². The Morgan fingerprint density at radius 3 is 2.00 bits per heavy atom. The molecule has 0 amide bonds. The molecule has 1 heterocycles. The minimum atomic E-state index is 0.879. The first-order valence-electron chi connectivity index (χ1n) is 9.66. The van der Waals surface area contributed by atoms with Crippen molar-refractivity contribution >= 4 is 34.0 Å². The molecule has 0 fully saturated rings. The lowest BCUT2D eigenvalue weighted by Crippen LogP contribution is -1.98. The van der Waals surface area contributed by atoms with Gasteiger partial charge < -0.3 is 4.57 Å². The molecule has 0 unspecified atom stereocenters. The fraction of sp³-hybridized carbons (Fsp3) is 0.0370. The van der Waals surface area contributed by atoms with Gasteiger partial charge >= 0.3 is 0 Å². The minimum absolute atomic E-state index is 0.879. The quantitative estimate of drug-likeness (QED) is 0.304. The molecule has 0 aliphatic carbocycles. The Kier molecular flexibility index (Phi) is 4.27. The molecule has 1 aromatic heterocycles. The highest BCUT2D eigenvalue weighted by Crippen LogP contribution is 2.31. The zero-order valence-corrected chi connectivity index (χ0v) is 15.6. The van der Waals surface area contributed by atoms with E-state index in [0.717, 1.165) is 6.54 Å². The van der Waals surface area contributed by atoms with Crippen molar-refractivity contribution in [1.82, 2.24) is 4.57 Å². The molecule has 5 rings (SSSR count). The van der Waals surface area contributed by atoms with Crippen LogP contribution in [0.3, 0.4) is 0 Å². The first kappa shape index (κ1) is 16.6. The highest BCUT2D eigenvalue weighted by atomic mass is 15.0. The van der Waals surface area contributed by atoms with E-state index in [2.05, 4.69) is 114 Å². The predicted octanol–water partition coefficient (Wildman–Crippen LogP) is 7.01. The average molecular weight is 359 g/mol. The SMILES string of the molecule is C(=C\c1ccc2c(c1)c1ccccc1n2Cc1ccccc1)/c1ccccc1. The fourth-order valence-electron chi connectivity index (χ4n) is 3.87. The summed E-state index contributed by atoms with van der Waals surface area (Å²) in [5, 5.41) is 2.62. The van der Waals surface area contributed by atoms with E-state index in [1.807, 2.05) is 6.07 Å². The maximum atomic E-state index is 2.42. The Labute approximate surface area is 165 Å². The third-order valence-electron chi connectivity index (χ3n) is 5.25. The van der Waals surface area contributed by atoms with Crippen molar-refractivity contribution in [3.63, 3.8) is 0 Å². The zero-order valence-electron chi connectivity index (χ0n) is 15.6. The molecule has 0 spiro atoms. The van der Waals surface area contributed by atoms with Gasteiger partial charge in [0.05, 0.1) is 0 Å². The van der Waals surface area contributed by atoms with Crippen LogP contribution in [-0.4, -0.2) is 4.57 Å². The van der Waals surface area contributed by atoms with Crippen molar-refractivity contribution in [2.24, 2.45) is 0 Å². The van der Waals surface area contributed by atoms with Gasteiger partial charge in [0.25, 0.3) is 0 Å². The van der Waals surface area contributed by atoms with E-state index < -0.39 is 0 Å². The molecule has 0 saturated carbocycles. The lowest BCUT2D eigenvalue weighted by Gasteiger charge is -2.08. The maximum absolute atomic E-state index is 2.42. The van der Waals surface area contributed by atoms with Crippen molar-refractivity contribution in [2.75, 3.05) is 0 Å². The van der Waals surface area contributed by atoms with Gasteiger partial charge in [0.2, 0.25) is 0 Å². The van der Waals surface area contributed by atoms with E-state index in [0.29, 0.717) is 0 Å². The normalized spacial score (nSPS) is 11.6. The highest BCUT2D eigenvalue weighted by molar-refractivity contribution is 6.08. The summed E-state index contributed by atoms with van der Waals surface area (Å²) in [6.45, 7) is 0.879. The van der Waals surface area contributed by atoms with Crippen LogP contribution in [0.15, 0.2) is 103 Å². The maximum Gasteiger partial charge on any atom is 0.0494 e. The second-order valence-electron chi connectivity index (χ2n) is 7.11. The number of rotatable bonds is 4. The van der Waals surface area contributed by atoms with Gasteiger partial charge in [-0.25, -0.2) is 0 Å². The average Bonchev–Trinajstić information content (AvgIpc) is 3.07. The summed E-state index contributed by atoms with van der Waals surface area (Å²) in [7, 11) is 0. The summed E-state index contributed by atoms with van der Waals surface area (Å²) >= 11 is 0. The summed E-state index contributed by atoms with van der Waals surface area (Å²) in [5.74, 6) is 0. The third-order valence-corrected chi connectivity index (χ3v) is 5.25. The smallest absolute Gasteiger partial charge is 0.0494 e. The second-order valence-corrected chi connectivity index (χ2v) is 7.11. The predicted molar refractivity (Wildman–Crippen MR) is 120 cm³/mol. The van der Waals surface area contributed by atoms with Crippen molar-refractivity contribution in [3.05, 3.63) is 120 Å². The lowest BCUT2D eigenvalue weighted by molar-refractivity contribution is 0.869. The summed E-state index contributed by atoms with van der Waals surface area (Å²) in [6.07, 6.45) is 4.36. The van der Waals surface area contributed by atoms with Crippen molar-refractivity contribution < 1.29 is 0 Å². The molecule has 0 N–H and O–H groups in total. The Bertz CT molecular complexity index is 1260. The number of fused-ring (bicyclic) bond motifs is 3. The van der Waals surface area contributed by atoms with E-state index in [4.69, 9.17) is 0 Å². The van der Waals surface area contributed by atoms with Crippen LogP contribution in [-0.2, 0) is 6.54 Å². The molecule has 5 aromatic rings. The van der Waals surface area contributed by atoms with Gasteiger partial charge in [0, 0.05) is 28.4 Å². The molecule has 1 nitrogen and oxygen atoms in total. The molecule has 1 heteroatoms. The van der Waals surface area contributed by atoms with E-state index in [9.17, 15) is 0 Å². The number of aromatic nitrogens is 1. The highest BCUT2D eigenvalue weighted by Gasteiger charge is 2.10. The monoisotopic (exact) mass is 359 g/mol. The molecule has 0 atom stereocenters. The molecule has 0 aliphatic heterocycles. The Hall–Kier alpha value is -3.58. The topological polar surface area (TPSA) is 4.93 Å². The molecular formula is C27H21N. The molecule has 0 bridgehead atoms. The molecule has 4 aromatic carbocycles. The van der Waals surface area contributed by atoms with Crippen molar-refractivity contribution in [2.45, 2.75) is 6.54 Å². The van der Waals surface area contributed by atoms with Crippen LogP contribution in [0, 0.1) is 0 Å². The molecule has 134 valence electrons. The van der Waals surface area contributed by atoms with Crippen LogP contribution in [0.2, 0.25) is 0 Å². The minimum Gasteiger partial charge on any atom is -0.336 e. The third kappa shape index (κ3) is 3.12. The number of para-hydroxylation sites is 1. The van der Waals surface area contributed by atoms with Gasteiger partial charge in [-0.05, 0) is 34.9 Å². The van der Waals surface area contributed by atoms with Crippen LogP contribution < -0.4 is 0 Å². The number of nitrogens with zero attached hydrogens (tertiary/aromatic N) is 1. The molecule has 28 heavy (non-hydrogen) atoms. The first-order valence-corrected chi connectivity index (χ1v) is 9.66. The van der Waals surface area contributed by atoms with Gasteiger partial charge in [-0.1, -0.05) is 97.1 Å². The number of benzene rings is 4. The van der Waals surface area contributed by atoms with Crippen LogP contribution in [0.1, 0.15) is 16.7 Å². The van der Waals surface area contributed by atoms with Gasteiger partial charge in [0.1, 0.15) is 0 Å². The molecular weight excluding hydrogens is 338 g/mol. The van der Waals surface area contributed by atoms with E-state index >= 15 is 0 Å². The first-order chi connectivity index (χ1) is 13.9. The van der Waals surface area contributed by atoms with E-state index in [-0.39, 0.29) is 0 Å². The summed E-state index contributed by atoms with van der Waals surface area (Å²) in [4.78, 5) is 0. The summed E-state index contributed by atoms with van der Waals surface area (Å²) in [6, 6.07) is 36.6. The Morgan fingerprint density at radius 2 is 1.18 bits per heavy atom. The largest absolute Gasteiger partial charge is 0.336 e. The summed E-state index contributed by atoms with van der Waals surface area (Å²) < 4.78 is 2.42. The van der Waals surface area contributed by atoms with Crippen LogP contribution >= 0.6 is 0 Å². The molecule has 0 aliphatic rings. The van der Waals surface area contributed by atoms with Gasteiger partial charge in [-0.15, -0.1) is 0 Å². The van der Waals surface area contributed by atoms with Gasteiger partial charge in [-0.2, -0.15) is 0 Å². The van der Waals surface area contributed by atoms with Crippen LogP contribution in [0.5, 0.6) is 0 Å². The van der Waals surface area contributed by atoms with Gasteiger partial charge in [-0.3, -0.25) is 0 Å². The van der Waals surface area contributed by atoms with E-state index in [1.54, 1.807) is 0 Å².